The van der Waals surface area contributed by atoms with E-state index in [4.69, 9.17) is 5.73 Å². The zero-order valence-corrected chi connectivity index (χ0v) is 6.66. The molecule has 60 valence electrons. The van der Waals surface area contributed by atoms with Crippen LogP contribution in [0.3, 0.4) is 0 Å². The Morgan fingerprint density at radius 3 is 2.92 bits per heavy atom. The van der Waals surface area contributed by atoms with Gasteiger partial charge in [-0.05, 0) is 36.5 Å². The van der Waals surface area contributed by atoms with Crippen LogP contribution < -0.4 is 5.73 Å². The first-order valence-electron chi connectivity index (χ1n) is 3.41. The molecule has 0 saturated heterocycles. The van der Waals surface area contributed by atoms with Crippen LogP contribution >= 0.6 is 0 Å². The van der Waals surface area contributed by atoms with E-state index in [0.717, 1.165) is 5.56 Å². The maximum atomic E-state index is 9.92. The zero-order valence-electron chi connectivity index (χ0n) is 6.66. The highest BCUT2D eigenvalue weighted by atomic mass is 16.1. The first-order chi connectivity index (χ1) is 5.72. The summed E-state index contributed by atoms with van der Waals surface area (Å²) in [5.41, 5.74) is 6.98. The van der Waals surface area contributed by atoms with E-state index in [9.17, 15) is 4.79 Å². The van der Waals surface area contributed by atoms with Crippen LogP contribution in [0.1, 0.15) is 11.3 Å². The van der Waals surface area contributed by atoms with Gasteiger partial charge in [0.25, 0.3) is 0 Å². The summed E-state index contributed by atoms with van der Waals surface area (Å²) in [5.74, 6) is 5.26. The van der Waals surface area contributed by atoms with E-state index < -0.39 is 0 Å². The van der Waals surface area contributed by atoms with Crippen LogP contribution in [0.2, 0.25) is 0 Å². The molecule has 1 aromatic rings. The lowest BCUT2D eigenvalue weighted by Crippen LogP contribution is -1.93. The van der Waals surface area contributed by atoms with Crippen LogP contribution in [0.25, 0.3) is 0 Å². The normalized spacial score (nSPS) is 8.42. The Labute approximate surface area is 70.6 Å². The number of nitrogens with two attached hydrogens (primary N) is 1. The molecule has 0 saturated carbocycles. The third-order valence-corrected chi connectivity index (χ3v) is 1.25. The minimum atomic E-state index is 0.421. The number of hydrogen-bond acceptors (Lipinski definition) is 3. The highest BCUT2D eigenvalue weighted by Crippen LogP contribution is 2.04. The van der Waals surface area contributed by atoms with Crippen LogP contribution in [0.4, 0.5) is 5.82 Å². The van der Waals surface area contributed by atoms with Crippen molar-refractivity contribution < 1.29 is 4.79 Å². The summed E-state index contributed by atoms with van der Waals surface area (Å²) in [6, 6.07) is 3.51. The summed E-state index contributed by atoms with van der Waals surface area (Å²) in [6.07, 6.45) is 0.528. The van der Waals surface area contributed by atoms with Crippen molar-refractivity contribution in [3.05, 3.63) is 23.4 Å². The van der Waals surface area contributed by atoms with E-state index in [1.165, 1.54) is 0 Å². The number of nitrogen functional groups attached to an aromatic ring is 1. The number of anilines is 1. The van der Waals surface area contributed by atoms with E-state index in [0.29, 0.717) is 17.8 Å². The van der Waals surface area contributed by atoms with E-state index in [1.54, 1.807) is 12.1 Å². The van der Waals surface area contributed by atoms with Gasteiger partial charge in [-0.2, -0.15) is 0 Å². The highest BCUT2D eigenvalue weighted by Gasteiger charge is 1.92. The molecule has 3 heteroatoms. The Balaban J connectivity index is 3.08. The van der Waals surface area contributed by atoms with Crippen LogP contribution in [-0.2, 0) is 4.79 Å². The third kappa shape index (κ3) is 2.10. The molecule has 1 rings (SSSR count). The molecule has 0 aliphatic rings. The Kier molecular flexibility index (Phi) is 2.44. The van der Waals surface area contributed by atoms with E-state index in [2.05, 4.69) is 16.8 Å². The number of rotatable bonds is 0. The average molecular weight is 160 g/mol. The number of nitrogens with zero attached hydrogens (tertiary/aromatic N) is 1. The van der Waals surface area contributed by atoms with E-state index in [1.807, 2.05) is 6.92 Å². The number of aromatic nitrogens is 1. The number of hydrogen-bond donors (Lipinski definition) is 1. The number of carbonyl (C=O) groups excluding carboxylic acids is 1. The smallest absolute Gasteiger partial charge is 0.193 e. The van der Waals surface area contributed by atoms with Crippen molar-refractivity contribution in [1.29, 1.82) is 0 Å². The van der Waals surface area contributed by atoms with Gasteiger partial charge in [-0.3, -0.25) is 4.79 Å². The minimum Gasteiger partial charge on any atom is -0.384 e. The van der Waals surface area contributed by atoms with Gasteiger partial charge < -0.3 is 5.73 Å². The molecule has 0 aliphatic carbocycles. The predicted octanol–water partition coefficient (Wildman–Crippen LogP) is 0.523. The van der Waals surface area contributed by atoms with Gasteiger partial charge in [0, 0.05) is 0 Å². The SMILES string of the molecule is Cc1cc(N)nc(C#CC=O)c1. The summed E-state index contributed by atoms with van der Waals surface area (Å²) in [4.78, 5) is 13.8. The van der Waals surface area contributed by atoms with Crippen molar-refractivity contribution in [2.24, 2.45) is 0 Å². The van der Waals surface area contributed by atoms with Crippen LogP contribution in [0.15, 0.2) is 12.1 Å². The molecule has 0 unspecified atom stereocenters. The number of pyridine rings is 1. The van der Waals surface area contributed by atoms with Gasteiger partial charge in [-0.15, -0.1) is 0 Å². The zero-order chi connectivity index (χ0) is 8.97. The summed E-state index contributed by atoms with van der Waals surface area (Å²) >= 11 is 0. The van der Waals surface area contributed by atoms with Crippen LogP contribution in [-0.4, -0.2) is 11.3 Å². The molecule has 0 amide bonds. The molecule has 3 nitrogen and oxygen atoms in total. The summed E-state index contributed by atoms with van der Waals surface area (Å²) in [5, 5.41) is 0. The first kappa shape index (κ1) is 8.28. The van der Waals surface area contributed by atoms with Gasteiger partial charge in [0.05, 0.1) is 0 Å². The molecule has 0 aromatic carbocycles. The fourth-order valence-corrected chi connectivity index (χ4v) is 0.862. The Bertz CT molecular complexity index is 340. The van der Waals surface area contributed by atoms with Crippen molar-refractivity contribution in [3.8, 4) is 11.8 Å². The van der Waals surface area contributed by atoms with Gasteiger partial charge >= 0.3 is 0 Å². The fraction of sp³-hybridized carbons (Fsp3) is 0.111. The van der Waals surface area contributed by atoms with E-state index >= 15 is 0 Å². The van der Waals surface area contributed by atoms with Gasteiger partial charge in [0.2, 0.25) is 0 Å². The molecule has 0 fully saturated rings. The van der Waals surface area contributed by atoms with Crippen molar-refractivity contribution in [2.75, 3.05) is 5.73 Å². The third-order valence-electron chi connectivity index (χ3n) is 1.25. The number of aldehydes is 1. The second kappa shape index (κ2) is 3.54. The fourth-order valence-electron chi connectivity index (χ4n) is 0.862. The Morgan fingerprint density at radius 1 is 1.58 bits per heavy atom. The van der Waals surface area contributed by atoms with Crippen molar-refractivity contribution in [3.63, 3.8) is 0 Å². The van der Waals surface area contributed by atoms with Gasteiger partial charge in [-0.25, -0.2) is 4.98 Å². The molecular formula is C9H8N2O. The maximum Gasteiger partial charge on any atom is 0.193 e. The van der Waals surface area contributed by atoms with Crippen LogP contribution in [0.5, 0.6) is 0 Å². The van der Waals surface area contributed by atoms with Gasteiger partial charge in [0.1, 0.15) is 11.5 Å². The maximum absolute atomic E-state index is 9.92. The first-order valence-corrected chi connectivity index (χ1v) is 3.41. The predicted molar refractivity (Wildman–Crippen MR) is 46.3 cm³/mol. The molecule has 0 radical (unpaired) electrons. The molecule has 0 spiro atoms. The molecule has 0 atom stereocenters. The summed E-state index contributed by atoms with van der Waals surface area (Å²) in [6.45, 7) is 1.89. The summed E-state index contributed by atoms with van der Waals surface area (Å²) in [7, 11) is 0. The van der Waals surface area contributed by atoms with Crippen molar-refractivity contribution >= 4 is 12.1 Å². The minimum absolute atomic E-state index is 0.421. The topological polar surface area (TPSA) is 56.0 Å². The molecule has 0 bridgehead atoms. The quantitative estimate of drug-likeness (QED) is 0.444. The Hall–Kier alpha value is -1.82. The lowest BCUT2D eigenvalue weighted by atomic mass is 10.2. The number of aryl methyl sites for hydroxylation is 1. The molecule has 12 heavy (non-hydrogen) atoms. The molecule has 1 aromatic heterocycles. The molecule has 0 aliphatic heterocycles. The van der Waals surface area contributed by atoms with Gasteiger partial charge in [0.15, 0.2) is 6.29 Å². The second-order valence-corrected chi connectivity index (χ2v) is 2.34. The largest absolute Gasteiger partial charge is 0.384 e. The molecule has 2 N–H and O–H groups in total. The molecular weight excluding hydrogens is 152 g/mol. The standard InChI is InChI=1S/C9H8N2O/c1-7-5-8(3-2-4-12)11-9(10)6-7/h4-6H,1H3,(H2,10,11). The van der Waals surface area contributed by atoms with Gasteiger partial charge in [-0.1, -0.05) is 0 Å². The van der Waals surface area contributed by atoms with E-state index in [-0.39, 0.29) is 0 Å². The average Bonchev–Trinajstić information content (AvgIpc) is 1.99. The monoisotopic (exact) mass is 160 g/mol. The highest BCUT2D eigenvalue weighted by molar-refractivity contribution is 5.73. The van der Waals surface area contributed by atoms with Crippen molar-refractivity contribution in [1.82, 2.24) is 4.98 Å². The van der Waals surface area contributed by atoms with Crippen LogP contribution in [0, 0.1) is 18.8 Å². The lowest BCUT2D eigenvalue weighted by Gasteiger charge is -1.95. The lowest BCUT2D eigenvalue weighted by molar-refractivity contribution is -0.103. The van der Waals surface area contributed by atoms with Crippen molar-refractivity contribution in [2.45, 2.75) is 6.92 Å². The molecule has 1 heterocycles. The second-order valence-electron chi connectivity index (χ2n) is 2.34. The Morgan fingerprint density at radius 2 is 2.33 bits per heavy atom. The number of carbonyl (C=O) groups is 1. The summed E-state index contributed by atoms with van der Waals surface area (Å²) < 4.78 is 0.